The van der Waals surface area contributed by atoms with Crippen molar-refractivity contribution in [1.29, 1.82) is 0 Å². The second kappa shape index (κ2) is 5.54. The fourth-order valence-electron chi connectivity index (χ4n) is 3.04. The van der Waals surface area contributed by atoms with Crippen molar-refractivity contribution in [1.82, 2.24) is 0 Å². The highest BCUT2D eigenvalue weighted by molar-refractivity contribution is 5.40. The molecule has 1 aromatic carbocycles. The van der Waals surface area contributed by atoms with Crippen molar-refractivity contribution in [3.05, 3.63) is 29.3 Å². The molecule has 0 radical (unpaired) electrons. The predicted molar refractivity (Wildman–Crippen MR) is 71.5 cm³/mol. The summed E-state index contributed by atoms with van der Waals surface area (Å²) >= 11 is 0. The smallest absolute Gasteiger partial charge is 0.122 e. The maximum atomic E-state index is 5.92. The van der Waals surface area contributed by atoms with Crippen LogP contribution in [0.1, 0.15) is 42.7 Å². The van der Waals surface area contributed by atoms with Gasteiger partial charge in [-0.1, -0.05) is 30.5 Å². The Morgan fingerprint density at radius 1 is 1.29 bits per heavy atom. The maximum absolute atomic E-state index is 5.92. The van der Waals surface area contributed by atoms with Crippen LogP contribution in [0.5, 0.6) is 5.75 Å². The van der Waals surface area contributed by atoms with Gasteiger partial charge in [-0.2, -0.15) is 0 Å². The van der Waals surface area contributed by atoms with Gasteiger partial charge in [0.2, 0.25) is 0 Å². The molecule has 94 valence electrons. The van der Waals surface area contributed by atoms with Crippen molar-refractivity contribution in [2.75, 3.05) is 13.7 Å². The summed E-state index contributed by atoms with van der Waals surface area (Å²) in [5.74, 6) is 2.24. The minimum Gasteiger partial charge on any atom is -0.496 e. The number of ether oxygens (including phenoxy) is 1. The van der Waals surface area contributed by atoms with E-state index in [4.69, 9.17) is 10.5 Å². The van der Waals surface area contributed by atoms with Crippen LogP contribution in [-0.4, -0.2) is 13.7 Å². The molecule has 1 aliphatic carbocycles. The maximum Gasteiger partial charge on any atom is 0.122 e. The van der Waals surface area contributed by atoms with Crippen LogP contribution in [0.25, 0.3) is 0 Å². The van der Waals surface area contributed by atoms with E-state index in [0.717, 1.165) is 12.3 Å². The first-order valence-electron chi connectivity index (χ1n) is 6.61. The van der Waals surface area contributed by atoms with Crippen molar-refractivity contribution < 1.29 is 4.74 Å². The van der Waals surface area contributed by atoms with Crippen LogP contribution in [0.3, 0.4) is 0 Å². The first-order valence-corrected chi connectivity index (χ1v) is 6.61. The lowest BCUT2D eigenvalue weighted by atomic mass is 9.75. The molecule has 0 amide bonds. The summed E-state index contributed by atoms with van der Waals surface area (Å²) in [6.07, 6.45) is 5.16. The average Bonchev–Trinajstić information content (AvgIpc) is 2.38. The Hall–Kier alpha value is -1.02. The van der Waals surface area contributed by atoms with Crippen LogP contribution >= 0.6 is 0 Å². The van der Waals surface area contributed by atoms with Crippen molar-refractivity contribution >= 4 is 0 Å². The van der Waals surface area contributed by atoms with E-state index < -0.39 is 0 Å². The number of hydrogen-bond donors (Lipinski definition) is 1. The van der Waals surface area contributed by atoms with E-state index in [1.165, 1.54) is 36.8 Å². The Bertz CT molecular complexity index is 375. The Morgan fingerprint density at radius 3 is 2.76 bits per heavy atom. The van der Waals surface area contributed by atoms with Gasteiger partial charge in [0.1, 0.15) is 5.75 Å². The van der Waals surface area contributed by atoms with Gasteiger partial charge in [0.05, 0.1) is 7.11 Å². The molecule has 2 heteroatoms. The molecule has 0 saturated heterocycles. The van der Waals surface area contributed by atoms with E-state index in [0.29, 0.717) is 11.8 Å². The normalized spacial score (nSPS) is 24.6. The molecular weight excluding hydrogens is 210 g/mol. The lowest BCUT2D eigenvalue weighted by Gasteiger charge is -2.32. The van der Waals surface area contributed by atoms with Crippen LogP contribution in [0.15, 0.2) is 18.2 Å². The molecule has 2 atom stereocenters. The Labute approximate surface area is 104 Å². The SMILES string of the molecule is COc1ccc(C)cc1C1CCCCC1CN. The lowest BCUT2D eigenvalue weighted by molar-refractivity contribution is 0.304. The highest BCUT2D eigenvalue weighted by Crippen LogP contribution is 2.41. The van der Waals surface area contributed by atoms with Gasteiger partial charge in [-0.3, -0.25) is 0 Å². The fraction of sp³-hybridized carbons (Fsp3) is 0.600. The molecular formula is C15H23NO. The monoisotopic (exact) mass is 233 g/mol. The zero-order valence-electron chi connectivity index (χ0n) is 10.9. The summed E-state index contributed by atoms with van der Waals surface area (Å²) < 4.78 is 5.51. The van der Waals surface area contributed by atoms with Crippen LogP contribution in [0.2, 0.25) is 0 Å². The number of benzene rings is 1. The van der Waals surface area contributed by atoms with Gasteiger partial charge in [0.25, 0.3) is 0 Å². The average molecular weight is 233 g/mol. The van der Waals surface area contributed by atoms with Crippen LogP contribution in [0, 0.1) is 12.8 Å². The van der Waals surface area contributed by atoms with Crippen LogP contribution < -0.4 is 10.5 Å². The van der Waals surface area contributed by atoms with Crippen molar-refractivity contribution in [2.24, 2.45) is 11.7 Å². The first kappa shape index (κ1) is 12.4. The van der Waals surface area contributed by atoms with Gasteiger partial charge >= 0.3 is 0 Å². The highest BCUT2D eigenvalue weighted by atomic mass is 16.5. The lowest BCUT2D eigenvalue weighted by Crippen LogP contribution is -2.25. The summed E-state index contributed by atoms with van der Waals surface area (Å²) in [6, 6.07) is 6.48. The minimum atomic E-state index is 0.587. The Morgan fingerprint density at radius 2 is 2.06 bits per heavy atom. The molecule has 17 heavy (non-hydrogen) atoms. The third kappa shape index (κ3) is 2.63. The molecule has 1 fully saturated rings. The van der Waals surface area contributed by atoms with Crippen molar-refractivity contribution in [2.45, 2.75) is 38.5 Å². The molecule has 0 spiro atoms. The van der Waals surface area contributed by atoms with Gasteiger partial charge in [0, 0.05) is 0 Å². The third-order valence-corrected chi connectivity index (χ3v) is 4.00. The molecule has 0 bridgehead atoms. The predicted octanol–water partition coefficient (Wildman–Crippen LogP) is 3.24. The molecule has 1 saturated carbocycles. The fourth-order valence-corrected chi connectivity index (χ4v) is 3.04. The van der Waals surface area contributed by atoms with Crippen LogP contribution in [-0.2, 0) is 0 Å². The molecule has 2 N–H and O–H groups in total. The number of rotatable bonds is 3. The van der Waals surface area contributed by atoms with Gasteiger partial charge in [0.15, 0.2) is 0 Å². The Kier molecular flexibility index (Phi) is 4.06. The van der Waals surface area contributed by atoms with Crippen molar-refractivity contribution in [3.63, 3.8) is 0 Å². The summed E-state index contributed by atoms with van der Waals surface area (Å²) in [5.41, 5.74) is 8.59. The number of hydrogen-bond acceptors (Lipinski definition) is 2. The summed E-state index contributed by atoms with van der Waals surface area (Å²) in [5, 5.41) is 0. The molecule has 2 nitrogen and oxygen atoms in total. The molecule has 2 unspecified atom stereocenters. The summed E-state index contributed by atoms with van der Waals surface area (Å²) in [7, 11) is 1.76. The Balaban J connectivity index is 2.33. The van der Waals surface area contributed by atoms with E-state index in [1.807, 2.05) is 0 Å². The molecule has 1 aliphatic rings. The van der Waals surface area contributed by atoms with E-state index in [-0.39, 0.29) is 0 Å². The van der Waals surface area contributed by atoms with Gasteiger partial charge in [-0.25, -0.2) is 0 Å². The zero-order valence-corrected chi connectivity index (χ0v) is 10.9. The van der Waals surface area contributed by atoms with Gasteiger partial charge < -0.3 is 10.5 Å². The number of aryl methyl sites for hydroxylation is 1. The standard InChI is InChI=1S/C15H23NO/c1-11-7-8-15(17-2)14(9-11)13-6-4-3-5-12(13)10-16/h7-9,12-13H,3-6,10,16H2,1-2H3. The van der Waals surface area contributed by atoms with E-state index in [1.54, 1.807) is 7.11 Å². The second-order valence-corrected chi connectivity index (χ2v) is 5.13. The minimum absolute atomic E-state index is 0.587. The quantitative estimate of drug-likeness (QED) is 0.870. The number of nitrogens with two attached hydrogens (primary N) is 1. The summed E-state index contributed by atoms with van der Waals surface area (Å²) in [4.78, 5) is 0. The van der Waals surface area contributed by atoms with E-state index in [2.05, 4.69) is 25.1 Å². The molecule has 2 rings (SSSR count). The van der Waals surface area contributed by atoms with Crippen molar-refractivity contribution in [3.8, 4) is 5.75 Å². The highest BCUT2D eigenvalue weighted by Gasteiger charge is 2.27. The van der Waals surface area contributed by atoms with E-state index in [9.17, 15) is 0 Å². The molecule has 0 aliphatic heterocycles. The molecule has 0 heterocycles. The molecule has 1 aromatic rings. The third-order valence-electron chi connectivity index (χ3n) is 4.00. The number of methoxy groups -OCH3 is 1. The topological polar surface area (TPSA) is 35.2 Å². The summed E-state index contributed by atoms with van der Waals surface area (Å²) in [6.45, 7) is 2.94. The first-order chi connectivity index (χ1) is 8.26. The largest absolute Gasteiger partial charge is 0.496 e. The van der Waals surface area contributed by atoms with E-state index >= 15 is 0 Å². The zero-order chi connectivity index (χ0) is 12.3. The van der Waals surface area contributed by atoms with Crippen LogP contribution in [0.4, 0.5) is 0 Å². The second-order valence-electron chi connectivity index (χ2n) is 5.13. The van der Waals surface area contributed by atoms with Gasteiger partial charge in [-0.15, -0.1) is 0 Å². The van der Waals surface area contributed by atoms with Gasteiger partial charge in [-0.05, 0) is 49.8 Å². The molecule has 0 aromatic heterocycles.